The van der Waals surface area contributed by atoms with E-state index < -0.39 is 0 Å². The Hall–Kier alpha value is -1.22. The molecule has 0 aliphatic carbocycles. The van der Waals surface area contributed by atoms with E-state index >= 15 is 0 Å². The van der Waals surface area contributed by atoms with Crippen molar-refractivity contribution in [3.05, 3.63) is 23.8 Å². The van der Waals surface area contributed by atoms with E-state index in [9.17, 15) is 0 Å². The Labute approximate surface area is 91.6 Å². The number of nitrogen functional groups attached to an aromatic ring is 1. The van der Waals surface area contributed by atoms with Gasteiger partial charge in [0.2, 0.25) is 0 Å². The Kier molecular flexibility index (Phi) is 3.58. The molecule has 0 spiro atoms. The first kappa shape index (κ1) is 11.9. The lowest BCUT2D eigenvalue weighted by atomic mass is 10.1. The average molecular weight is 208 g/mol. The predicted octanol–water partition coefficient (Wildman–Crippen LogP) is 2.41. The van der Waals surface area contributed by atoms with Gasteiger partial charge >= 0.3 is 0 Å². The number of hydrogen-bond acceptors (Lipinski definition) is 3. The lowest BCUT2D eigenvalue weighted by Gasteiger charge is -2.26. The standard InChI is InChI=1S/C12H20N2O/c1-9-7-10(5-6-11(9)13)14-12(2,3)8-15-4/h5-7,14H,8,13H2,1-4H3. The number of ether oxygens (including phenoxy) is 1. The van der Waals surface area contributed by atoms with Crippen molar-refractivity contribution in [1.82, 2.24) is 0 Å². The lowest BCUT2D eigenvalue weighted by molar-refractivity contribution is 0.158. The van der Waals surface area contributed by atoms with Gasteiger partial charge in [-0.25, -0.2) is 0 Å². The zero-order valence-corrected chi connectivity index (χ0v) is 9.92. The first-order valence-electron chi connectivity index (χ1n) is 5.08. The molecule has 1 rings (SSSR count). The second kappa shape index (κ2) is 4.53. The van der Waals surface area contributed by atoms with Crippen LogP contribution in [-0.4, -0.2) is 19.3 Å². The third kappa shape index (κ3) is 3.44. The molecule has 84 valence electrons. The largest absolute Gasteiger partial charge is 0.399 e. The molecule has 1 aromatic rings. The van der Waals surface area contributed by atoms with Crippen molar-refractivity contribution in [2.24, 2.45) is 0 Å². The molecule has 0 aromatic heterocycles. The molecule has 1 aromatic carbocycles. The number of benzene rings is 1. The van der Waals surface area contributed by atoms with Gasteiger partial charge in [0.05, 0.1) is 12.1 Å². The summed E-state index contributed by atoms with van der Waals surface area (Å²) in [5.74, 6) is 0. The summed E-state index contributed by atoms with van der Waals surface area (Å²) in [6.45, 7) is 6.87. The molecule has 0 unspecified atom stereocenters. The van der Waals surface area contributed by atoms with Crippen LogP contribution in [0.2, 0.25) is 0 Å². The molecule has 0 aliphatic rings. The molecule has 0 saturated carbocycles. The molecule has 0 amide bonds. The number of aryl methyl sites for hydroxylation is 1. The summed E-state index contributed by atoms with van der Waals surface area (Å²) in [7, 11) is 1.71. The fraction of sp³-hybridized carbons (Fsp3) is 0.500. The first-order chi connectivity index (χ1) is 6.94. The zero-order chi connectivity index (χ0) is 11.5. The van der Waals surface area contributed by atoms with Gasteiger partial charge in [0.1, 0.15) is 0 Å². The van der Waals surface area contributed by atoms with Crippen molar-refractivity contribution in [2.45, 2.75) is 26.3 Å². The molecule has 3 heteroatoms. The Bertz CT molecular complexity index is 334. The van der Waals surface area contributed by atoms with Crippen LogP contribution in [-0.2, 0) is 4.74 Å². The molecule has 0 heterocycles. The Morgan fingerprint density at radius 3 is 2.60 bits per heavy atom. The lowest BCUT2D eigenvalue weighted by Crippen LogP contribution is -2.35. The number of methoxy groups -OCH3 is 1. The summed E-state index contributed by atoms with van der Waals surface area (Å²) in [5.41, 5.74) is 8.67. The Morgan fingerprint density at radius 1 is 1.40 bits per heavy atom. The number of hydrogen-bond donors (Lipinski definition) is 2. The van der Waals surface area contributed by atoms with Crippen LogP contribution in [0, 0.1) is 6.92 Å². The van der Waals surface area contributed by atoms with Crippen LogP contribution < -0.4 is 11.1 Å². The Balaban J connectivity index is 2.76. The van der Waals surface area contributed by atoms with Crippen molar-refractivity contribution in [2.75, 3.05) is 24.8 Å². The average Bonchev–Trinajstić information content (AvgIpc) is 2.10. The van der Waals surface area contributed by atoms with Gasteiger partial charge in [0, 0.05) is 18.5 Å². The third-order valence-electron chi connectivity index (χ3n) is 2.26. The summed E-state index contributed by atoms with van der Waals surface area (Å²) < 4.78 is 5.15. The molecule has 0 saturated heterocycles. The van der Waals surface area contributed by atoms with E-state index in [1.165, 1.54) is 0 Å². The second-order valence-electron chi connectivity index (χ2n) is 4.51. The monoisotopic (exact) mass is 208 g/mol. The van der Waals surface area contributed by atoms with Crippen LogP contribution in [0.5, 0.6) is 0 Å². The highest BCUT2D eigenvalue weighted by Crippen LogP contribution is 2.20. The van der Waals surface area contributed by atoms with Gasteiger partial charge in [-0.05, 0) is 44.5 Å². The summed E-state index contributed by atoms with van der Waals surface area (Å²) in [5, 5.41) is 3.41. The SMILES string of the molecule is COCC(C)(C)Nc1ccc(N)c(C)c1. The van der Waals surface area contributed by atoms with Gasteiger partial charge < -0.3 is 15.8 Å². The molecule has 3 N–H and O–H groups in total. The number of anilines is 2. The maximum Gasteiger partial charge on any atom is 0.0687 e. The molecule has 0 aliphatic heterocycles. The fourth-order valence-electron chi connectivity index (χ4n) is 1.54. The van der Waals surface area contributed by atoms with E-state index in [-0.39, 0.29) is 5.54 Å². The highest BCUT2D eigenvalue weighted by molar-refractivity contribution is 5.57. The summed E-state index contributed by atoms with van der Waals surface area (Å²) in [6, 6.07) is 5.95. The highest BCUT2D eigenvalue weighted by atomic mass is 16.5. The third-order valence-corrected chi connectivity index (χ3v) is 2.26. The molecule has 0 fully saturated rings. The van der Waals surface area contributed by atoms with Crippen molar-refractivity contribution >= 4 is 11.4 Å². The van der Waals surface area contributed by atoms with Crippen LogP contribution in [0.4, 0.5) is 11.4 Å². The van der Waals surface area contributed by atoms with Gasteiger partial charge in [-0.1, -0.05) is 0 Å². The molecule has 0 radical (unpaired) electrons. The van der Waals surface area contributed by atoms with E-state index in [2.05, 4.69) is 19.2 Å². The van der Waals surface area contributed by atoms with Gasteiger partial charge in [-0.15, -0.1) is 0 Å². The minimum Gasteiger partial charge on any atom is -0.399 e. The van der Waals surface area contributed by atoms with Crippen molar-refractivity contribution in [1.29, 1.82) is 0 Å². The van der Waals surface area contributed by atoms with E-state index in [1.807, 2.05) is 25.1 Å². The fourth-order valence-corrected chi connectivity index (χ4v) is 1.54. The molecule has 15 heavy (non-hydrogen) atoms. The first-order valence-corrected chi connectivity index (χ1v) is 5.08. The van der Waals surface area contributed by atoms with Crippen LogP contribution >= 0.6 is 0 Å². The molecule has 0 atom stereocenters. The van der Waals surface area contributed by atoms with Crippen molar-refractivity contribution in [3.63, 3.8) is 0 Å². The maximum absolute atomic E-state index is 5.76. The summed E-state index contributed by atoms with van der Waals surface area (Å²) in [4.78, 5) is 0. The quantitative estimate of drug-likeness (QED) is 0.747. The molecular formula is C12H20N2O. The number of rotatable bonds is 4. The number of nitrogens with one attached hydrogen (secondary N) is 1. The van der Waals surface area contributed by atoms with Crippen LogP contribution in [0.25, 0.3) is 0 Å². The highest BCUT2D eigenvalue weighted by Gasteiger charge is 2.16. The maximum atomic E-state index is 5.76. The van der Waals surface area contributed by atoms with Crippen LogP contribution in [0.3, 0.4) is 0 Å². The molecular weight excluding hydrogens is 188 g/mol. The van der Waals surface area contributed by atoms with Crippen LogP contribution in [0.15, 0.2) is 18.2 Å². The minimum atomic E-state index is -0.0721. The molecule has 0 bridgehead atoms. The molecule has 3 nitrogen and oxygen atoms in total. The normalized spacial score (nSPS) is 11.5. The van der Waals surface area contributed by atoms with Gasteiger partial charge in [-0.3, -0.25) is 0 Å². The predicted molar refractivity (Wildman–Crippen MR) is 65.2 cm³/mol. The minimum absolute atomic E-state index is 0.0721. The van der Waals surface area contributed by atoms with Gasteiger partial charge in [0.15, 0.2) is 0 Å². The van der Waals surface area contributed by atoms with E-state index in [1.54, 1.807) is 7.11 Å². The summed E-state index contributed by atoms with van der Waals surface area (Å²) >= 11 is 0. The smallest absolute Gasteiger partial charge is 0.0687 e. The van der Waals surface area contributed by atoms with E-state index in [4.69, 9.17) is 10.5 Å². The van der Waals surface area contributed by atoms with E-state index in [0.29, 0.717) is 6.61 Å². The van der Waals surface area contributed by atoms with Crippen LogP contribution in [0.1, 0.15) is 19.4 Å². The van der Waals surface area contributed by atoms with E-state index in [0.717, 1.165) is 16.9 Å². The van der Waals surface area contributed by atoms with Gasteiger partial charge in [0.25, 0.3) is 0 Å². The van der Waals surface area contributed by atoms with Crippen molar-refractivity contribution < 1.29 is 4.74 Å². The van der Waals surface area contributed by atoms with Gasteiger partial charge in [-0.2, -0.15) is 0 Å². The summed E-state index contributed by atoms with van der Waals surface area (Å²) in [6.07, 6.45) is 0. The second-order valence-corrected chi connectivity index (χ2v) is 4.51. The topological polar surface area (TPSA) is 47.3 Å². The number of nitrogens with two attached hydrogens (primary N) is 1. The van der Waals surface area contributed by atoms with Crippen molar-refractivity contribution in [3.8, 4) is 0 Å². The Morgan fingerprint density at radius 2 is 2.07 bits per heavy atom. The zero-order valence-electron chi connectivity index (χ0n) is 9.92.